The predicted molar refractivity (Wildman–Crippen MR) is 238 cm³/mol. The first kappa shape index (κ1) is 40.6. The zero-order valence-electron chi connectivity index (χ0n) is 34.7. The van der Waals surface area contributed by atoms with Gasteiger partial charge in [-0.1, -0.05) is 89.9 Å². The lowest BCUT2D eigenvalue weighted by molar-refractivity contribution is -0.129. The number of aliphatic hydroxyl groups is 1. The fourth-order valence-electron chi connectivity index (χ4n) is 10.2. The number of benzene rings is 3. The van der Waals surface area contributed by atoms with Crippen LogP contribution in [0.2, 0.25) is 0 Å². The minimum Gasteiger partial charge on any atom is -0.664 e. The van der Waals surface area contributed by atoms with Crippen LogP contribution in [0, 0.1) is 11.8 Å². The van der Waals surface area contributed by atoms with Crippen molar-refractivity contribution >= 4 is 29.5 Å². The highest BCUT2D eigenvalue weighted by molar-refractivity contribution is 6.02. The van der Waals surface area contributed by atoms with Crippen LogP contribution in [0.4, 0.5) is 5.82 Å². The SMILES string of the molecule is O=C1CCc2cc(c(O)c(OC3CCCC3)c2)Cc2ccc(CCCO)c(c2)Cc2cc[nH]c2[N-]CC2=Cc3[n-]ccc3C(CC3C=Cc4c(O)cccc4CC3)C2C(=O)C1. The molecule has 3 aliphatic carbocycles. The van der Waals surface area contributed by atoms with Gasteiger partial charge in [-0.2, -0.15) is 6.20 Å². The summed E-state index contributed by atoms with van der Waals surface area (Å²) in [6, 6.07) is 20.1. The maximum atomic E-state index is 14.8. The van der Waals surface area contributed by atoms with Crippen LogP contribution in [0.25, 0.3) is 17.5 Å². The zero-order valence-corrected chi connectivity index (χ0v) is 34.7. The van der Waals surface area contributed by atoms with E-state index in [-0.39, 0.29) is 67.0 Å². The van der Waals surface area contributed by atoms with Crippen molar-refractivity contribution in [3.05, 3.63) is 146 Å². The highest BCUT2D eigenvalue weighted by Crippen LogP contribution is 2.46. The van der Waals surface area contributed by atoms with Crippen molar-refractivity contribution in [1.29, 1.82) is 0 Å². The Bertz CT molecular complexity index is 2470. The standard InChI is InChI=1S/C52H55N3O6/c56-22-4-6-35-14-11-33-23-38(35)28-37-18-20-54-52(37)55-31-40-29-46-44(19-21-53-46)45(26-32-10-15-36-5-3-9-47(58)43(36)17-13-32)50(40)48(59)30-41(57)16-12-34-25-39(24-33)51(60)49(27-34)61-42-7-1-2-8-42/h3,5,9,11,13-14,17-21,23,25,27,29,32,42,45,50,54,56,58,60H,1-2,4,6-8,10,12,15-16,22,24,26,28,30-31H2/q-2. The molecule has 316 valence electrons. The molecule has 0 amide bonds. The molecule has 61 heavy (non-hydrogen) atoms. The number of hydrogen-bond acceptors (Lipinski definition) is 6. The van der Waals surface area contributed by atoms with Crippen molar-refractivity contribution in [2.75, 3.05) is 13.2 Å². The second kappa shape index (κ2) is 18.0. The smallest absolute Gasteiger partial charge is 0.161 e. The summed E-state index contributed by atoms with van der Waals surface area (Å²) in [5.74, 6) is 0.735. The van der Waals surface area contributed by atoms with Gasteiger partial charge in [0.25, 0.3) is 0 Å². The number of phenols is 2. The molecule has 1 saturated carbocycles. The Morgan fingerprint density at radius 2 is 1.70 bits per heavy atom. The number of nitrogens with one attached hydrogen (secondary N) is 1. The van der Waals surface area contributed by atoms with Crippen LogP contribution in [0.1, 0.15) is 119 Å². The van der Waals surface area contributed by atoms with Gasteiger partial charge in [0, 0.05) is 36.5 Å². The Kier molecular flexibility index (Phi) is 12.0. The summed E-state index contributed by atoms with van der Waals surface area (Å²) >= 11 is 0. The minimum atomic E-state index is -0.564. The number of ketones is 2. The number of fused-ring (bicyclic) bond motifs is 8. The van der Waals surface area contributed by atoms with E-state index < -0.39 is 5.92 Å². The summed E-state index contributed by atoms with van der Waals surface area (Å²) < 4.78 is 6.44. The quantitative estimate of drug-likeness (QED) is 0.120. The molecule has 2 aromatic heterocycles. The van der Waals surface area contributed by atoms with Crippen molar-refractivity contribution in [1.82, 2.24) is 9.97 Å². The van der Waals surface area contributed by atoms with Crippen LogP contribution >= 0.6 is 0 Å². The Morgan fingerprint density at radius 3 is 2.57 bits per heavy atom. The number of phenolic OH excluding ortho intramolecular Hbond substituents is 2. The molecule has 1 aliphatic heterocycles. The molecule has 9 nitrogen and oxygen atoms in total. The van der Waals surface area contributed by atoms with Crippen LogP contribution in [-0.2, 0) is 41.7 Å². The van der Waals surface area contributed by atoms with E-state index in [0.717, 1.165) is 112 Å². The predicted octanol–water partition coefficient (Wildman–Crippen LogP) is 9.75. The Morgan fingerprint density at radius 1 is 0.836 bits per heavy atom. The number of carbonyl (C=O) groups excluding carboxylic acids is 2. The molecule has 5 aromatic rings. The number of nitrogens with zero attached hydrogens (tertiary/aromatic N) is 2. The molecular formula is C52H55N3O6-2. The van der Waals surface area contributed by atoms with Crippen molar-refractivity contribution in [3.63, 3.8) is 0 Å². The molecule has 3 unspecified atom stereocenters. The Labute approximate surface area is 358 Å². The van der Waals surface area contributed by atoms with E-state index in [0.29, 0.717) is 37.9 Å². The lowest BCUT2D eigenvalue weighted by atomic mass is 9.69. The molecule has 9 rings (SSSR count). The number of Topliss-reactive ketones (excluding diaryl/α,β-unsaturated/α-hetero) is 2. The number of hydrogen-bond donors (Lipinski definition) is 4. The summed E-state index contributed by atoms with van der Waals surface area (Å²) in [6.07, 6.45) is 19.3. The number of aromatic amines is 1. The molecule has 3 atom stereocenters. The number of H-pyrrole nitrogens is 1. The van der Waals surface area contributed by atoms with E-state index in [9.17, 15) is 24.9 Å². The van der Waals surface area contributed by atoms with Crippen LogP contribution in [0.15, 0.2) is 84.7 Å². The third-order valence-electron chi connectivity index (χ3n) is 13.4. The van der Waals surface area contributed by atoms with Crippen molar-refractivity contribution < 1.29 is 29.6 Å². The van der Waals surface area contributed by atoms with E-state index in [2.05, 4.69) is 41.4 Å². The summed E-state index contributed by atoms with van der Waals surface area (Å²) in [7, 11) is 0. The molecule has 4 aliphatic rings. The highest BCUT2D eigenvalue weighted by Gasteiger charge is 2.37. The fraction of sp³-hybridized carbons (Fsp3) is 0.385. The number of rotatable bonds is 7. The second-order valence-electron chi connectivity index (χ2n) is 17.6. The number of aromatic nitrogens is 2. The van der Waals surface area contributed by atoms with Crippen molar-refractivity contribution in [2.24, 2.45) is 11.8 Å². The maximum Gasteiger partial charge on any atom is 0.161 e. The number of carbonyl (C=O) groups is 2. The maximum absolute atomic E-state index is 14.8. The molecule has 4 bridgehead atoms. The topological polar surface area (TPSA) is 148 Å². The number of aliphatic hydroxyl groups excluding tert-OH is 1. The summed E-state index contributed by atoms with van der Waals surface area (Å²) in [5.41, 5.74) is 10.7. The minimum absolute atomic E-state index is 0.0425. The second-order valence-corrected chi connectivity index (χ2v) is 17.6. The molecule has 3 aromatic carbocycles. The molecule has 9 heteroatoms. The summed E-state index contributed by atoms with van der Waals surface area (Å²) in [5, 5.41) is 37.2. The van der Waals surface area contributed by atoms with Crippen LogP contribution in [0.3, 0.4) is 0 Å². The third kappa shape index (κ3) is 8.99. The lowest BCUT2D eigenvalue weighted by Gasteiger charge is -2.37. The van der Waals surface area contributed by atoms with E-state index in [1.54, 1.807) is 6.07 Å². The van der Waals surface area contributed by atoms with Crippen LogP contribution in [-0.4, -0.2) is 51.1 Å². The molecule has 0 saturated heterocycles. The van der Waals surface area contributed by atoms with Gasteiger partial charge in [-0.15, -0.1) is 5.69 Å². The van der Waals surface area contributed by atoms with Crippen molar-refractivity contribution in [3.8, 4) is 17.2 Å². The van der Waals surface area contributed by atoms with Gasteiger partial charge >= 0.3 is 0 Å². The van der Waals surface area contributed by atoms with Gasteiger partial charge in [0.15, 0.2) is 11.5 Å². The van der Waals surface area contributed by atoms with Gasteiger partial charge in [0.05, 0.1) is 12.5 Å². The molecule has 0 spiro atoms. The van der Waals surface area contributed by atoms with Gasteiger partial charge in [-0.25, -0.2) is 0 Å². The van der Waals surface area contributed by atoms with Crippen LogP contribution in [0.5, 0.6) is 17.2 Å². The number of aryl methyl sites for hydroxylation is 3. The van der Waals surface area contributed by atoms with Gasteiger partial charge in [0.1, 0.15) is 17.3 Å². The normalized spacial score (nSPS) is 20.8. The fourth-order valence-corrected chi connectivity index (χ4v) is 10.2. The average Bonchev–Trinajstić information content (AvgIpc) is 4.02. The van der Waals surface area contributed by atoms with Gasteiger partial charge in [0.2, 0.25) is 0 Å². The first-order chi connectivity index (χ1) is 29.8. The van der Waals surface area contributed by atoms with Gasteiger partial charge in [-0.05, 0) is 135 Å². The van der Waals surface area contributed by atoms with E-state index in [4.69, 9.17) is 15.0 Å². The van der Waals surface area contributed by atoms with Crippen molar-refractivity contribution in [2.45, 2.75) is 102 Å². The van der Waals surface area contributed by atoms with Gasteiger partial charge in [-0.3, -0.25) is 9.59 Å². The lowest BCUT2D eigenvalue weighted by Crippen LogP contribution is -2.31. The molecular weight excluding hydrogens is 763 g/mol. The Balaban J connectivity index is 1.08. The third-order valence-corrected chi connectivity index (χ3v) is 13.4. The van der Waals surface area contributed by atoms with E-state index in [1.807, 2.05) is 48.8 Å². The molecule has 1 fully saturated rings. The molecule has 0 radical (unpaired) electrons. The molecule has 3 heterocycles. The number of aromatic hydroxyl groups is 2. The summed E-state index contributed by atoms with van der Waals surface area (Å²) in [6.45, 7) is 0.371. The van der Waals surface area contributed by atoms with Gasteiger partial charge < -0.3 is 35.3 Å². The van der Waals surface area contributed by atoms with Crippen LogP contribution < -0.4 is 9.72 Å². The first-order valence-corrected chi connectivity index (χ1v) is 22.2. The average molecular weight is 818 g/mol. The highest BCUT2D eigenvalue weighted by atomic mass is 16.5. The monoisotopic (exact) mass is 817 g/mol. The van der Waals surface area contributed by atoms with E-state index in [1.165, 1.54) is 0 Å². The number of allylic oxidation sites excluding steroid dienone is 1. The Hall–Kier alpha value is -5.80. The number of ether oxygens (including phenoxy) is 1. The largest absolute Gasteiger partial charge is 0.664 e. The first-order valence-electron chi connectivity index (χ1n) is 22.2. The summed E-state index contributed by atoms with van der Waals surface area (Å²) in [4.78, 5) is 36.9. The van der Waals surface area contributed by atoms with E-state index >= 15 is 0 Å². The molecule has 4 N–H and O–H groups in total. The zero-order chi connectivity index (χ0) is 41.9.